The number of fused-ring (bicyclic) bond motifs is 1. The van der Waals surface area contributed by atoms with Crippen molar-refractivity contribution in [3.05, 3.63) is 77.2 Å². The smallest absolute Gasteiger partial charge is 0.255 e. The van der Waals surface area contributed by atoms with E-state index < -0.39 is 0 Å². The summed E-state index contributed by atoms with van der Waals surface area (Å²) < 4.78 is 0. The summed E-state index contributed by atoms with van der Waals surface area (Å²) in [4.78, 5) is 16.8. The second kappa shape index (κ2) is 8.78. The molecule has 3 aromatic carbocycles. The molecule has 34 heavy (non-hydrogen) atoms. The largest absolute Gasteiger partial charge is 0.397 e. The Morgan fingerprint density at radius 2 is 1.88 bits per heavy atom. The Morgan fingerprint density at radius 1 is 1.03 bits per heavy atom. The molecule has 1 amide bonds. The van der Waals surface area contributed by atoms with E-state index in [0.717, 1.165) is 42.0 Å². The molecule has 4 N–H and O–H groups in total. The van der Waals surface area contributed by atoms with Crippen LogP contribution in [0.5, 0.6) is 0 Å². The fourth-order valence-electron chi connectivity index (χ4n) is 4.92. The normalized spacial score (nSPS) is 16.1. The molecule has 1 aromatic heterocycles. The van der Waals surface area contributed by atoms with Crippen molar-refractivity contribution < 1.29 is 4.79 Å². The minimum Gasteiger partial charge on any atom is -0.397 e. The molecule has 0 radical (unpaired) electrons. The van der Waals surface area contributed by atoms with Gasteiger partial charge in [0.05, 0.1) is 11.4 Å². The van der Waals surface area contributed by atoms with Gasteiger partial charge in [0.2, 0.25) is 0 Å². The molecule has 0 bridgehead atoms. The first kappa shape index (κ1) is 21.2. The van der Waals surface area contributed by atoms with Crippen molar-refractivity contribution in [3.63, 3.8) is 0 Å². The average Bonchev–Trinajstić information content (AvgIpc) is 3.57. The minimum absolute atomic E-state index is 0.143. The zero-order valence-electron chi connectivity index (χ0n) is 19.0. The van der Waals surface area contributed by atoms with Gasteiger partial charge < -0.3 is 21.3 Å². The van der Waals surface area contributed by atoms with Gasteiger partial charge in [0.25, 0.3) is 5.91 Å². The van der Waals surface area contributed by atoms with Crippen LogP contribution in [0.4, 0.5) is 17.1 Å². The van der Waals surface area contributed by atoms with E-state index in [0.29, 0.717) is 22.9 Å². The monoisotopic (exact) mass is 468 g/mol. The van der Waals surface area contributed by atoms with Crippen LogP contribution in [0.3, 0.4) is 0 Å². The first-order chi connectivity index (χ1) is 16.7. The zero-order valence-corrected chi connectivity index (χ0v) is 19.8. The molecule has 0 spiro atoms. The van der Waals surface area contributed by atoms with Gasteiger partial charge in [0, 0.05) is 42.3 Å². The molecule has 5 nitrogen and oxygen atoms in total. The highest BCUT2D eigenvalue weighted by molar-refractivity contribution is 7.13. The van der Waals surface area contributed by atoms with Crippen LogP contribution < -0.4 is 21.3 Å². The third kappa shape index (κ3) is 4.04. The number of carbonyl (C=O) groups is 1. The van der Waals surface area contributed by atoms with E-state index in [-0.39, 0.29) is 5.91 Å². The van der Waals surface area contributed by atoms with Crippen LogP contribution in [0.15, 0.2) is 66.0 Å². The molecular weight excluding hydrogens is 440 g/mol. The van der Waals surface area contributed by atoms with Crippen LogP contribution >= 0.6 is 11.3 Å². The number of hydrogen-bond donors (Lipinski definition) is 3. The van der Waals surface area contributed by atoms with E-state index >= 15 is 0 Å². The molecule has 0 unspecified atom stereocenters. The van der Waals surface area contributed by atoms with Gasteiger partial charge in [-0.05, 0) is 82.4 Å². The topological polar surface area (TPSA) is 70.4 Å². The zero-order chi connectivity index (χ0) is 23.1. The summed E-state index contributed by atoms with van der Waals surface area (Å²) in [6, 6.07) is 20.4. The van der Waals surface area contributed by atoms with Crippen LogP contribution in [-0.2, 0) is 0 Å². The number of carbonyl (C=O) groups excluding carboxylic acids is 1. The number of nitrogens with zero attached hydrogens (tertiary/aromatic N) is 1. The Labute approximate surface area is 203 Å². The van der Waals surface area contributed by atoms with Crippen molar-refractivity contribution in [1.82, 2.24) is 5.32 Å². The predicted octanol–water partition coefficient (Wildman–Crippen LogP) is 5.69. The fraction of sp³-hybridized carbons (Fsp3) is 0.250. The standard InChI is InChI=1S/C28H28N4OS/c29-23-9-6-20(26-2-1-15-34-26)17-24(23)31-28(33)21-5-8-22-19(16-21)7-10-25(27(22)18-3-4-18)32-13-11-30-12-14-32/h1-2,5-10,15-18,30H,3-4,11-14,29H2,(H,31,33). The van der Waals surface area contributed by atoms with Crippen LogP contribution in [0.2, 0.25) is 0 Å². The molecule has 1 aliphatic heterocycles. The minimum atomic E-state index is -0.143. The van der Waals surface area contributed by atoms with Crippen molar-refractivity contribution in [3.8, 4) is 10.4 Å². The number of anilines is 3. The number of nitrogen functional groups attached to an aromatic ring is 1. The lowest BCUT2D eigenvalue weighted by atomic mass is 9.96. The third-order valence-corrected chi connectivity index (χ3v) is 7.77. The average molecular weight is 469 g/mol. The quantitative estimate of drug-likeness (QED) is 0.329. The van der Waals surface area contributed by atoms with Gasteiger partial charge in [-0.25, -0.2) is 0 Å². The molecule has 2 heterocycles. The van der Waals surface area contributed by atoms with Crippen LogP contribution in [0.25, 0.3) is 21.2 Å². The summed E-state index contributed by atoms with van der Waals surface area (Å²) in [5.41, 5.74) is 11.9. The summed E-state index contributed by atoms with van der Waals surface area (Å²) in [5, 5.41) is 10.9. The van der Waals surface area contributed by atoms with E-state index in [1.807, 2.05) is 41.8 Å². The number of piperazine rings is 1. The summed E-state index contributed by atoms with van der Waals surface area (Å²) in [7, 11) is 0. The second-order valence-corrected chi connectivity index (χ2v) is 10.1. The highest BCUT2D eigenvalue weighted by atomic mass is 32.1. The highest BCUT2D eigenvalue weighted by Gasteiger charge is 2.30. The highest BCUT2D eigenvalue weighted by Crippen LogP contribution is 2.48. The molecule has 6 rings (SSSR count). The number of benzene rings is 3. The lowest BCUT2D eigenvalue weighted by Crippen LogP contribution is -2.43. The Hall–Kier alpha value is -3.35. The van der Waals surface area contributed by atoms with Crippen molar-refractivity contribution in [2.45, 2.75) is 18.8 Å². The molecule has 2 aliphatic rings. The molecule has 1 saturated heterocycles. The molecule has 6 heteroatoms. The van der Waals surface area contributed by atoms with Crippen molar-refractivity contribution in [1.29, 1.82) is 0 Å². The van der Waals surface area contributed by atoms with E-state index in [1.165, 1.54) is 29.5 Å². The van der Waals surface area contributed by atoms with Crippen molar-refractivity contribution in [2.75, 3.05) is 42.1 Å². The molecule has 172 valence electrons. The van der Waals surface area contributed by atoms with Gasteiger partial charge in [-0.15, -0.1) is 11.3 Å². The first-order valence-corrected chi connectivity index (χ1v) is 12.8. The molecule has 1 aliphatic carbocycles. The lowest BCUT2D eigenvalue weighted by molar-refractivity contribution is 0.102. The number of hydrogen-bond acceptors (Lipinski definition) is 5. The first-order valence-electron chi connectivity index (χ1n) is 11.9. The van der Waals surface area contributed by atoms with Crippen molar-refractivity contribution >= 4 is 45.1 Å². The number of nitrogens with two attached hydrogens (primary N) is 1. The molecule has 2 fully saturated rings. The maximum absolute atomic E-state index is 13.2. The summed E-state index contributed by atoms with van der Waals surface area (Å²) >= 11 is 1.67. The van der Waals surface area contributed by atoms with Gasteiger partial charge in [-0.1, -0.05) is 24.3 Å². The summed E-state index contributed by atoms with van der Waals surface area (Å²) in [6.45, 7) is 4.13. The maximum atomic E-state index is 13.2. The second-order valence-electron chi connectivity index (χ2n) is 9.18. The molecular formula is C28H28N4OS. The van der Waals surface area contributed by atoms with Crippen LogP contribution in [-0.4, -0.2) is 32.1 Å². The van der Waals surface area contributed by atoms with Crippen LogP contribution in [0, 0.1) is 0 Å². The molecule has 0 atom stereocenters. The lowest BCUT2D eigenvalue weighted by Gasteiger charge is -2.32. The van der Waals surface area contributed by atoms with Gasteiger partial charge in [-0.2, -0.15) is 0 Å². The van der Waals surface area contributed by atoms with E-state index in [9.17, 15) is 4.79 Å². The van der Waals surface area contributed by atoms with Gasteiger partial charge in [0.15, 0.2) is 0 Å². The Kier molecular flexibility index (Phi) is 5.47. The van der Waals surface area contributed by atoms with Gasteiger partial charge in [-0.3, -0.25) is 4.79 Å². The number of amides is 1. The Balaban J connectivity index is 1.31. The molecule has 1 saturated carbocycles. The Morgan fingerprint density at radius 3 is 2.65 bits per heavy atom. The Bertz CT molecular complexity index is 1350. The summed E-state index contributed by atoms with van der Waals surface area (Å²) in [6.07, 6.45) is 2.50. The van der Waals surface area contributed by atoms with E-state index in [1.54, 1.807) is 11.3 Å². The SMILES string of the molecule is Nc1ccc(-c2cccs2)cc1NC(=O)c1ccc2c(C3CC3)c(N3CCNCC3)ccc2c1. The van der Waals surface area contributed by atoms with Crippen molar-refractivity contribution in [2.24, 2.45) is 0 Å². The number of nitrogens with one attached hydrogen (secondary N) is 2. The number of rotatable bonds is 5. The summed E-state index contributed by atoms with van der Waals surface area (Å²) in [5.74, 6) is 0.490. The van der Waals surface area contributed by atoms with Gasteiger partial charge >= 0.3 is 0 Å². The number of thiophene rings is 1. The maximum Gasteiger partial charge on any atom is 0.255 e. The molecule has 4 aromatic rings. The fourth-order valence-corrected chi connectivity index (χ4v) is 5.65. The van der Waals surface area contributed by atoms with E-state index in [4.69, 9.17) is 5.73 Å². The van der Waals surface area contributed by atoms with E-state index in [2.05, 4.69) is 39.8 Å². The predicted molar refractivity (Wildman–Crippen MR) is 143 cm³/mol. The third-order valence-electron chi connectivity index (χ3n) is 6.85. The van der Waals surface area contributed by atoms with Gasteiger partial charge in [0.1, 0.15) is 0 Å². The van der Waals surface area contributed by atoms with Crippen LogP contribution in [0.1, 0.15) is 34.7 Å².